The van der Waals surface area contributed by atoms with Gasteiger partial charge in [0.15, 0.2) is 0 Å². The van der Waals surface area contributed by atoms with Crippen LogP contribution in [0, 0.1) is 11.6 Å². The first-order valence-corrected chi connectivity index (χ1v) is 10.2. The van der Waals surface area contributed by atoms with E-state index in [1.54, 1.807) is 12.1 Å². The summed E-state index contributed by atoms with van der Waals surface area (Å²) in [4.78, 5) is 37.2. The van der Waals surface area contributed by atoms with E-state index >= 15 is 0 Å². The van der Waals surface area contributed by atoms with Crippen molar-refractivity contribution >= 4 is 33.4 Å². The number of aromatic nitrogens is 1. The number of pyridine rings is 1. The SMILES string of the molecule is O=C(Nc1cc(C(=O)NC2CC2)ccc1Br)c1ccc(=O)n(-c2c(F)cccc2F)c1. The summed E-state index contributed by atoms with van der Waals surface area (Å²) < 4.78 is 29.5. The van der Waals surface area contributed by atoms with Gasteiger partial charge in [-0.05, 0) is 65.2 Å². The molecule has 158 valence electrons. The molecule has 1 saturated carbocycles. The minimum absolute atomic E-state index is 0.00184. The van der Waals surface area contributed by atoms with Gasteiger partial charge in [0.25, 0.3) is 17.4 Å². The van der Waals surface area contributed by atoms with Gasteiger partial charge in [-0.15, -0.1) is 0 Å². The maximum Gasteiger partial charge on any atom is 0.257 e. The van der Waals surface area contributed by atoms with Crippen molar-refractivity contribution in [2.45, 2.75) is 18.9 Å². The van der Waals surface area contributed by atoms with Gasteiger partial charge in [-0.25, -0.2) is 8.78 Å². The van der Waals surface area contributed by atoms with Gasteiger partial charge >= 0.3 is 0 Å². The van der Waals surface area contributed by atoms with E-state index in [4.69, 9.17) is 0 Å². The van der Waals surface area contributed by atoms with E-state index in [0.717, 1.165) is 41.8 Å². The Morgan fingerprint density at radius 1 is 0.968 bits per heavy atom. The third-order valence-electron chi connectivity index (χ3n) is 4.74. The van der Waals surface area contributed by atoms with Crippen LogP contribution in [0.25, 0.3) is 5.69 Å². The summed E-state index contributed by atoms with van der Waals surface area (Å²) in [6.45, 7) is 0. The number of hydrogen-bond acceptors (Lipinski definition) is 3. The fourth-order valence-corrected chi connectivity index (χ4v) is 3.31. The number of hydrogen-bond donors (Lipinski definition) is 2. The first-order valence-electron chi connectivity index (χ1n) is 9.42. The van der Waals surface area contributed by atoms with Gasteiger partial charge < -0.3 is 10.6 Å². The second-order valence-electron chi connectivity index (χ2n) is 7.09. The van der Waals surface area contributed by atoms with E-state index in [-0.39, 0.29) is 17.5 Å². The molecule has 6 nitrogen and oxygen atoms in total. The molecule has 2 aromatic carbocycles. The molecule has 1 fully saturated rings. The summed E-state index contributed by atoms with van der Waals surface area (Å²) in [5.74, 6) is -2.73. The standard InChI is InChI=1S/C22H16BrF2N3O3/c23-15-8-4-12(21(30)26-14-6-7-14)10-18(15)27-22(31)13-5-9-19(29)28(11-13)20-16(24)2-1-3-17(20)25/h1-5,8-11,14H,6-7H2,(H,26,30)(H,27,31). The van der Waals surface area contributed by atoms with Gasteiger partial charge in [-0.2, -0.15) is 0 Å². The molecule has 31 heavy (non-hydrogen) atoms. The highest BCUT2D eigenvalue weighted by Crippen LogP contribution is 2.26. The van der Waals surface area contributed by atoms with Crippen LogP contribution in [0.5, 0.6) is 0 Å². The van der Waals surface area contributed by atoms with Crippen LogP contribution < -0.4 is 16.2 Å². The molecule has 1 aromatic heterocycles. The number of benzene rings is 2. The maximum absolute atomic E-state index is 14.1. The van der Waals surface area contributed by atoms with Gasteiger partial charge in [0.05, 0.1) is 11.3 Å². The Bertz CT molecular complexity index is 1230. The van der Waals surface area contributed by atoms with E-state index in [2.05, 4.69) is 26.6 Å². The van der Waals surface area contributed by atoms with Crippen LogP contribution in [0.1, 0.15) is 33.6 Å². The fourth-order valence-electron chi connectivity index (χ4n) is 2.97. The van der Waals surface area contributed by atoms with Gasteiger partial charge in [-0.3, -0.25) is 19.0 Å². The molecule has 1 aliphatic carbocycles. The number of amides is 2. The first kappa shape index (κ1) is 20.9. The molecule has 2 N–H and O–H groups in total. The lowest BCUT2D eigenvalue weighted by Gasteiger charge is -2.12. The molecule has 9 heteroatoms. The van der Waals surface area contributed by atoms with Crippen molar-refractivity contribution in [3.63, 3.8) is 0 Å². The highest BCUT2D eigenvalue weighted by Gasteiger charge is 2.24. The highest BCUT2D eigenvalue weighted by atomic mass is 79.9. The fraction of sp³-hybridized carbons (Fsp3) is 0.136. The van der Waals surface area contributed by atoms with Gasteiger partial charge in [0.2, 0.25) is 0 Å². The summed E-state index contributed by atoms with van der Waals surface area (Å²) >= 11 is 3.32. The number of anilines is 1. The molecule has 0 aliphatic heterocycles. The average molecular weight is 488 g/mol. The van der Waals surface area contributed by atoms with Crippen molar-refractivity contribution in [3.8, 4) is 5.69 Å². The van der Waals surface area contributed by atoms with Crippen molar-refractivity contribution in [1.82, 2.24) is 9.88 Å². The lowest BCUT2D eigenvalue weighted by molar-refractivity contribution is 0.0949. The van der Waals surface area contributed by atoms with E-state index in [1.807, 2.05) is 0 Å². The number of rotatable bonds is 5. The van der Waals surface area contributed by atoms with Crippen LogP contribution in [0.2, 0.25) is 0 Å². The average Bonchev–Trinajstić information content (AvgIpc) is 3.54. The summed E-state index contributed by atoms with van der Waals surface area (Å²) in [6.07, 6.45) is 2.96. The number of carbonyl (C=O) groups is 2. The number of nitrogens with zero attached hydrogens (tertiary/aromatic N) is 1. The minimum Gasteiger partial charge on any atom is -0.349 e. The molecule has 2 amide bonds. The van der Waals surface area contributed by atoms with E-state index in [0.29, 0.717) is 15.7 Å². The number of nitrogens with one attached hydrogen (secondary N) is 2. The van der Waals surface area contributed by atoms with Crippen LogP contribution in [0.15, 0.2) is 64.0 Å². The van der Waals surface area contributed by atoms with Crippen molar-refractivity contribution in [2.24, 2.45) is 0 Å². The van der Waals surface area contributed by atoms with Crippen LogP contribution in [0.4, 0.5) is 14.5 Å². The van der Waals surface area contributed by atoms with Crippen molar-refractivity contribution in [1.29, 1.82) is 0 Å². The number of carbonyl (C=O) groups excluding carboxylic acids is 2. The Hall–Kier alpha value is -3.33. The van der Waals surface area contributed by atoms with E-state index in [9.17, 15) is 23.2 Å². The van der Waals surface area contributed by atoms with Crippen LogP contribution >= 0.6 is 15.9 Å². The highest BCUT2D eigenvalue weighted by molar-refractivity contribution is 9.10. The van der Waals surface area contributed by atoms with Gasteiger partial charge in [0, 0.05) is 28.3 Å². The van der Waals surface area contributed by atoms with Crippen LogP contribution in [-0.2, 0) is 0 Å². The smallest absolute Gasteiger partial charge is 0.257 e. The van der Waals surface area contributed by atoms with Crippen molar-refractivity contribution in [2.75, 3.05) is 5.32 Å². The molecule has 0 spiro atoms. The molecule has 0 radical (unpaired) electrons. The predicted molar refractivity (Wildman–Crippen MR) is 115 cm³/mol. The zero-order chi connectivity index (χ0) is 22.1. The normalized spacial score (nSPS) is 13.0. The Morgan fingerprint density at radius 3 is 2.32 bits per heavy atom. The monoisotopic (exact) mass is 487 g/mol. The molecule has 3 aromatic rings. The first-order chi connectivity index (χ1) is 14.8. The van der Waals surface area contributed by atoms with Gasteiger partial charge in [0.1, 0.15) is 17.3 Å². The molecule has 1 heterocycles. The Kier molecular flexibility index (Phi) is 5.69. The lowest BCUT2D eigenvalue weighted by Crippen LogP contribution is -2.25. The molecule has 0 unspecified atom stereocenters. The quantitative estimate of drug-likeness (QED) is 0.570. The second kappa shape index (κ2) is 8.43. The zero-order valence-corrected chi connectivity index (χ0v) is 17.6. The Balaban J connectivity index is 1.62. The summed E-state index contributed by atoms with van der Waals surface area (Å²) in [6, 6.07) is 10.5. The maximum atomic E-state index is 14.1. The second-order valence-corrected chi connectivity index (χ2v) is 7.95. The predicted octanol–water partition coefficient (Wildman–Crippen LogP) is 4.02. The van der Waals surface area contributed by atoms with Crippen LogP contribution in [0.3, 0.4) is 0 Å². The molecule has 4 rings (SSSR count). The summed E-state index contributed by atoms with van der Waals surface area (Å²) in [5, 5.41) is 5.52. The molecule has 1 aliphatic rings. The van der Waals surface area contributed by atoms with Gasteiger partial charge in [-0.1, -0.05) is 6.07 Å². The summed E-state index contributed by atoms with van der Waals surface area (Å²) in [7, 11) is 0. The molecular weight excluding hydrogens is 472 g/mol. The third-order valence-corrected chi connectivity index (χ3v) is 5.43. The van der Waals surface area contributed by atoms with Crippen molar-refractivity contribution < 1.29 is 18.4 Å². The third kappa shape index (κ3) is 4.56. The number of halogens is 3. The molecule has 0 saturated heterocycles. The van der Waals surface area contributed by atoms with E-state index in [1.165, 1.54) is 18.2 Å². The number of para-hydroxylation sites is 1. The zero-order valence-electron chi connectivity index (χ0n) is 16.0. The van der Waals surface area contributed by atoms with Crippen molar-refractivity contribution in [3.05, 3.63) is 92.3 Å². The van der Waals surface area contributed by atoms with E-state index < -0.39 is 28.8 Å². The summed E-state index contributed by atoms with van der Waals surface area (Å²) in [5.41, 5.74) is -0.545. The molecule has 0 atom stereocenters. The topological polar surface area (TPSA) is 80.2 Å². The molecule has 0 bridgehead atoms. The Labute approximate surface area is 184 Å². The largest absolute Gasteiger partial charge is 0.349 e. The molecular formula is C22H16BrF2N3O3. The van der Waals surface area contributed by atoms with Crippen LogP contribution in [-0.4, -0.2) is 22.4 Å². The lowest BCUT2D eigenvalue weighted by atomic mass is 10.1. The minimum atomic E-state index is -0.934. The Morgan fingerprint density at radius 2 is 1.65 bits per heavy atom.